The van der Waals surface area contributed by atoms with Gasteiger partial charge in [-0.1, -0.05) is 54.2 Å². The van der Waals surface area contributed by atoms with Gasteiger partial charge in [-0.25, -0.2) is 0 Å². The summed E-state index contributed by atoms with van der Waals surface area (Å²) in [6.45, 7) is 5.78. The van der Waals surface area contributed by atoms with Crippen LogP contribution < -0.4 is 4.74 Å². The fourth-order valence-corrected chi connectivity index (χ4v) is 2.82. The highest BCUT2D eigenvalue weighted by Gasteiger charge is 2.20. The maximum atomic E-state index is 10.2. The average Bonchev–Trinajstić information content (AvgIpc) is 2.39. The van der Waals surface area contributed by atoms with Gasteiger partial charge in [0.1, 0.15) is 12.4 Å². The fraction of sp³-hybridized carbons (Fsp3) is 0.412. The summed E-state index contributed by atoms with van der Waals surface area (Å²) in [6, 6.07) is 5.06. The Morgan fingerprint density at radius 1 is 1.32 bits per heavy atom. The van der Waals surface area contributed by atoms with Crippen molar-refractivity contribution in [2.45, 2.75) is 39.2 Å². The largest absolute Gasteiger partial charge is 0.488 e. The highest BCUT2D eigenvalue weighted by Crippen LogP contribution is 2.28. The molecule has 5 heteroatoms. The number of aliphatic hydroxyl groups is 1. The summed E-state index contributed by atoms with van der Waals surface area (Å²) in [7, 11) is 0. The van der Waals surface area contributed by atoms with Gasteiger partial charge in [-0.05, 0) is 50.1 Å². The van der Waals surface area contributed by atoms with Crippen molar-refractivity contribution in [2.75, 3.05) is 6.61 Å². The highest BCUT2D eigenvalue weighted by molar-refractivity contribution is 6.35. The quantitative estimate of drug-likeness (QED) is 0.603. The van der Waals surface area contributed by atoms with E-state index in [9.17, 15) is 5.11 Å². The van der Waals surface area contributed by atoms with Gasteiger partial charge in [0, 0.05) is 10.1 Å². The number of benzene rings is 1. The number of hydrogen-bond acceptors (Lipinski definition) is 2. The Kier molecular flexibility index (Phi) is 7.78. The molecule has 122 valence electrons. The van der Waals surface area contributed by atoms with Crippen LogP contribution in [0.5, 0.6) is 5.75 Å². The third-order valence-electron chi connectivity index (χ3n) is 2.93. The predicted molar refractivity (Wildman–Crippen MR) is 95.2 cm³/mol. The molecule has 0 saturated heterocycles. The van der Waals surface area contributed by atoms with E-state index in [2.05, 4.69) is 0 Å². The van der Waals surface area contributed by atoms with E-state index in [1.165, 1.54) is 0 Å². The number of ether oxygens (including phenoxy) is 1. The Morgan fingerprint density at radius 3 is 2.55 bits per heavy atom. The monoisotopic (exact) mass is 362 g/mol. The molecule has 1 rings (SSSR count). The van der Waals surface area contributed by atoms with E-state index in [1.54, 1.807) is 44.2 Å². The van der Waals surface area contributed by atoms with Crippen molar-refractivity contribution >= 4 is 34.8 Å². The average molecular weight is 364 g/mol. The first-order valence-electron chi connectivity index (χ1n) is 7.11. The van der Waals surface area contributed by atoms with Crippen molar-refractivity contribution in [1.82, 2.24) is 0 Å². The van der Waals surface area contributed by atoms with Crippen molar-refractivity contribution < 1.29 is 9.84 Å². The van der Waals surface area contributed by atoms with Gasteiger partial charge in [0.15, 0.2) is 0 Å². The molecule has 1 aromatic rings. The Hall–Kier alpha value is -0.670. The van der Waals surface area contributed by atoms with Crippen LogP contribution in [-0.2, 0) is 0 Å². The van der Waals surface area contributed by atoms with E-state index < -0.39 is 5.60 Å². The third kappa shape index (κ3) is 6.21. The highest BCUT2D eigenvalue weighted by atomic mass is 35.5. The molecule has 0 aliphatic carbocycles. The van der Waals surface area contributed by atoms with E-state index in [1.807, 2.05) is 6.92 Å². The van der Waals surface area contributed by atoms with Gasteiger partial charge in [0.2, 0.25) is 0 Å². The summed E-state index contributed by atoms with van der Waals surface area (Å²) in [5, 5.41) is 11.9. The summed E-state index contributed by atoms with van der Waals surface area (Å²) >= 11 is 18.1. The van der Waals surface area contributed by atoms with E-state index in [-0.39, 0.29) is 0 Å². The normalized spacial score (nSPS) is 13.4. The lowest BCUT2D eigenvalue weighted by Crippen LogP contribution is -2.22. The standard InChI is InChI=1S/C17H21Cl3O2/c1-4-6-14(19)13(17(2,3)21)7-5-10-22-16-9-8-12(18)11-15(16)20/h5,7-9,11,21H,4,6,10H2,1-3H3/b7-5-,14-13-. The van der Waals surface area contributed by atoms with Gasteiger partial charge in [-0.15, -0.1) is 0 Å². The Labute approximate surface area is 147 Å². The first kappa shape index (κ1) is 19.4. The van der Waals surface area contributed by atoms with Crippen LogP contribution in [0.25, 0.3) is 0 Å². The van der Waals surface area contributed by atoms with Crippen molar-refractivity contribution in [3.63, 3.8) is 0 Å². The molecule has 0 heterocycles. The van der Waals surface area contributed by atoms with E-state index in [0.29, 0.717) is 33.0 Å². The molecule has 1 N–H and O–H groups in total. The molecule has 0 aromatic heterocycles. The van der Waals surface area contributed by atoms with Gasteiger partial charge in [-0.2, -0.15) is 0 Å². The number of rotatable bonds is 7. The van der Waals surface area contributed by atoms with E-state index >= 15 is 0 Å². The minimum atomic E-state index is -0.999. The van der Waals surface area contributed by atoms with Gasteiger partial charge in [0.25, 0.3) is 0 Å². The van der Waals surface area contributed by atoms with Crippen LogP contribution in [-0.4, -0.2) is 17.3 Å². The van der Waals surface area contributed by atoms with Crippen molar-refractivity contribution in [3.05, 3.63) is 51.0 Å². The molecule has 0 saturated carbocycles. The maximum Gasteiger partial charge on any atom is 0.138 e. The smallest absolute Gasteiger partial charge is 0.138 e. The van der Waals surface area contributed by atoms with E-state index in [4.69, 9.17) is 39.5 Å². The first-order valence-corrected chi connectivity index (χ1v) is 8.25. The van der Waals surface area contributed by atoms with Crippen LogP contribution in [0.3, 0.4) is 0 Å². The van der Waals surface area contributed by atoms with Gasteiger partial charge in [-0.3, -0.25) is 0 Å². The van der Waals surface area contributed by atoms with Crippen LogP contribution in [0.2, 0.25) is 10.0 Å². The second-order valence-corrected chi connectivity index (χ2v) is 6.72. The molecule has 2 nitrogen and oxygen atoms in total. The van der Waals surface area contributed by atoms with Crippen LogP contribution in [0.15, 0.2) is 41.0 Å². The van der Waals surface area contributed by atoms with Gasteiger partial charge in [0.05, 0.1) is 10.6 Å². The zero-order chi connectivity index (χ0) is 16.8. The minimum absolute atomic E-state index is 0.317. The van der Waals surface area contributed by atoms with Gasteiger partial charge >= 0.3 is 0 Å². The van der Waals surface area contributed by atoms with Crippen LogP contribution in [0.1, 0.15) is 33.6 Å². The molecule has 0 aliphatic heterocycles. The SMILES string of the molecule is CCC/C(Cl)=C(\C=C/COc1ccc(Cl)cc1Cl)C(C)(C)O. The predicted octanol–water partition coefficient (Wildman–Crippen LogP) is 5.99. The van der Waals surface area contributed by atoms with Crippen LogP contribution in [0.4, 0.5) is 0 Å². The Morgan fingerprint density at radius 2 is 2.00 bits per heavy atom. The lowest BCUT2D eigenvalue weighted by atomic mass is 9.96. The van der Waals surface area contributed by atoms with Crippen LogP contribution >= 0.6 is 34.8 Å². The molecule has 0 unspecified atom stereocenters. The maximum absolute atomic E-state index is 10.2. The van der Waals surface area contributed by atoms with Crippen molar-refractivity contribution in [2.24, 2.45) is 0 Å². The molecule has 0 amide bonds. The molecule has 0 aliphatic rings. The Bertz CT molecular complexity index is 558. The van der Waals surface area contributed by atoms with Crippen molar-refractivity contribution in [3.8, 4) is 5.75 Å². The molecule has 0 fully saturated rings. The fourth-order valence-electron chi connectivity index (χ4n) is 1.88. The third-order valence-corrected chi connectivity index (χ3v) is 3.86. The second-order valence-electron chi connectivity index (χ2n) is 5.42. The summed E-state index contributed by atoms with van der Waals surface area (Å²) < 4.78 is 5.57. The lowest BCUT2D eigenvalue weighted by Gasteiger charge is -2.21. The summed E-state index contributed by atoms with van der Waals surface area (Å²) in [5.74, 6) is 0.559. The van der Waals surface area contributed by atoms with E-state index in [0.717, 1.165) is 12.8 Å². The zero-order valence-electron chi connectivity index (χ0n) is 13.0. The molecule has 1 aromatic carbocycles. The lowest BCUT2D eigenvalue weighted by molar-refractivity contribution is 0.123. The van der Waals surface area contributed by atoms with Crippen molar-refractivity contribution in [1.29, 1.82) is 0 Å². The number of hydrogen-bond donors (Lipinski definition) is 1. The topological polar surface area (TPSA) is 29.5 Å². The van der Waals surface area contributed by atoms with Crippen LogP contribution in [0, 0.1) is 0 Å². The summed E-state index contributed by atoms with van der Waals surface area (Å²) in [4.78, 5) is 0. The second kappa shape index (κ2) is 8.83. The molecule has 0 spiro atoms. The summed E-state index contributed by atoms with van der Waals surface area (Å²) in [6.07, 6.45) is 5.25. The minimum Gasteiger partial charge on any atom is -0.488 e. The molecular weight excluding hydrogens is 343 g/mol. The molecule has 0 atom stereocenters. The molecule has 22 heavy (non-hydrogen) atoms. The Balaban J connectivity index is 2.75. The number of allylic oxidation sites excluding steroid dienone is 1. The molecule has 0 bridgehead atoms. The molecule has 0 radical (unpaired) electrons. The molecular formula is C17H21Cl3O2. The summed E-state index contributed by atoms with van der Waals surface area (Å²) in [5.41, 5.74) is -0.303. The van der Waals surface area contributed by atoms with Gasteiger partial charge < -0.3 is 9.84 Å². The zero-order valence-corrected chi connectivity index (χ0v) is 15.3. The first-order chi connectivity index (χ1) is 10.3. The number of halogens is 3.